The van der Waals surface area contributed by atoms with Gasteiger partial charge in [0.05, 0.1) is 24.5 Å². The molecule has 0 radical (unpaired) electrons. The van der Waals surface area contributed by atoms with E-state index in [1.165, 1.54) is 54.5 Å². The first-order valence-electron chi connectivity index (χ1n) is 12.6. The number of nitro benzene ring substituents is 1. The van der Waals surface area contributed by atoms with Crippen molar-refractivity contribution in [3.8, 4) is 5.75 Å². The number of nitro groups is 1. The van der Waals surface area contributed by atoms with Crippen molar-refractivity contribution in [2.45, 2.75) is 18.6 Å². The van der Waals surface area contributed by atoms with Gasteiger partial charge in [-0.2, -0.15) is 0 Å². The molecule has 13 nitrogen and oxygen atoms in total. The second-order valence-electron chi connectivity index (χ2n) is 9.24. The predicted molar refractivity (Wildman–Crippen MR) is 151 cm³/mol. The quantitative estimate of drug-likeness (QED) is 0.247. The maximum absolute atomic E-state index is 13.8. The van der Waals surface area contributed by atoms with Crippen LogP contribution in [0.1, 0.15) is 28.4 Å². The average Bonchev–Trinajstić information content (AvgIpc) is 3.43. The molecule has 0 aromatic heterocycles. The number of amides is 4. The summed E-state index contributed by atoms with van der Waals surface area (Å²) < 4.78 is 5.13. The maximum Gasteiger partial charge on any atom is 0.323 e. The number of methoxy groups -OCH3 is 1. The molecule has 1 aliphatic heterocycles. The molecule has 4 amide bonds. The van der Waals surface area contributed by atoms with Gasteiger partial charge in [0.1, 0.15) is 5.75 Å². The molecule has 1 saturated heterocycles. The molecule has 0 aliphatic carbocycles. The lowest BCUT2D eigenvalue weighted by atomic mass is 10.0. The first kappa shape index (κ1) is 29.8. The summed E-state index contributed by atoms with van der Waals surface area (Å²) in [6.07, 6.45) is -2.08. The molecule has 218 valence electrons. The van der Waals surface area contributed by atoms with E-state index < -0.39 is 47.4 Å². The molecule has 4 rings (SSSR count). The number of aliphatic carboxylic acids is 1. The summed E-state index contributed by atoms with van der Waals surface area (Å²) in [6, 6.07) is 15.8. The van der Waals surface area contributed by atoms with Crippen LogP contribution in [0.4, 0.5) is 16.2 Å². The molecule has 1 fully saturated rings. The van der Waals surface area contributed by atoms with Gasteiger partial charge in [-0.25, -0.2) is 4.79 Å². The zero-order valence-electron chi connectivity index (χ0n) is 22.2. The average molecular weight is 596 g/mol. The Hall–Kier alpha value is -5.17. The van der Waals surface area contributed by atoms with Crippen LogP contribution in [0.5, 0.6) is 5.75 Å². The number of carbonyl (C=O) groups excluding carboxylic acids is 3. The van der Waals surface area contributed by atoms with E-state index in [0.717, 1.165) is 11.0 Å². The highest BCUT2D eigenvalue weighted by Gasteiger charge is 2.44. The summed E-state index contributed by atoms with van der Waals surface area (Å²) in [5.41, 5.74) is 0.499. The monoisotopic (exact) mass is 595 g/mol. The number of urea groups is 1. The minimum absolute atomic E-state index is 0.00398. The van der Waals surface area contributed by atoms with Gasteiger partial charge in [0.15, 0.2) is 6.17 Å². The lowest BCUT2D eigenvalue weighted by Gasteiger charge is -2.31. The van der Waals surface area contributed by atoms with Gasteiger partial charge in [-0.15, -0.1) is 0 Å². The van der Waals surface area contributed by atoms with Crippen molar-refractivity contribution in [2.75, 3.05) is 25.5 Å². The summed E-state index contributed by atoms with van der Waals surface area (Å²) in [6.45, 7) is -0.0181. The highest BCUT2D eigenvalue weighted by Crippen LogP contribution is 2.26. The van der Waals surface area contributed by atoms with Gasteiger partial charge >= 0.3 is 12.0 Å². The summed E-state index contributed by atoms with van der Waals surface area (Å²) in [7, 11) is 1.50. The zero-order chi connectivity index (χ0) is 30.4. The van der Waals surface area contributed by atoms with Gasteiger partial charge < -0.3 is 25.4 Å². The van der Waals surface area contributed by atoms with Gasteiger partial charge in [0.25, 0.3) is 17.5 Å². The van der Waals surface area contributed by atoms with Gasteiger partial charge in [-0.3, -0.25) is 29.4 Å². The topological polar surface area (TPSA) is 171 Å². The summed E-state index contributed by atoms with van der Waals surface area (Å²) in [5, 5.41) is 26.5. The van der Waals surface area contributed by atoms with Crippen molar-refractivity contribution >= 4 is 46.8 Å². The third-order valence-electron chi connectivity index (χ3n) is 6.54. The first-order chi connectivity index (χ1) is 20.1. The number of nitrogens with zero attached hydrogens (tertiary/aromatic N) is 3. The summed E-state index contributed by atoms with van der Waals surface area (Å²) in [4.78, 5) is 65.3. The normalized spacial score (nSPS) is 15.0. The minimum Gasteiger partial charge on any atom is -0.497 e. The molecule has 3 aromatic rings. The van der Waals surface area contributed by atoms with Crippen LogP contribution in [0, 0.1) is 10.1 Å². The number of hydrogen-bond donors (Lipinski definition) is 3. The Balaban J connectivity index is 1.65. The number of carboxylic acid groups (broad SMARTS) is 1. The number of non-ortho nitro benzene ring substituents is 1. The van der Waals surface area contributed by atoms with Crippen LogP contribution in [0.3, 0.4) is 0 Å². The van der Waals surface area contributed by atoms with E-state index in [-0.39, 0.29) is 29.9 Å². The fourth-order valence-corrected chi connectivity index (χ4v) is 4.62. The van der Waals surface area contributed by atoms with Crippen LogP contribution < -0.4 is 15.4 Å². The predicted octanol–water partition coefficient (Wildman–Crippen LogP) is 3.91. The van der Waals surface area contributed by atoms with Crippen molar-refractivity contribution in [3.63, 3.8) is 0 Å². The largest absolute Gasteiger partial charge is 0.497 e. The van der Waals surface area contributed by atoms with Crippen molar-refractivity contribution in [1.29, 1.82) is 0 Å². The van der Waals surface area contributed by atoms with Crippen LogP contribution in [0.2, 0.25) is 5.02 Å². The molecule has 2 unspecified atom stereocenters. The lowest BCUT2D eigenvalue weighted by molar-refractivity contribution is -0.384. The summed E-state index contributed by atoms with van der Waals surface area (Å²) >= 11 is 5.96. The molecule has 14 heteroatoms. The first-order valence-corrected chi connectivity index (χ1v) is 13.0. The van der Waals surface area contributed by atoms with Gasteiger partial charge in [0.2, 0.25) is 0 Å². The van der Waals surface area contributed by atoms with E-state index in [1.54, 1.807) is 24.3 Å². The van der Waals surface area contributed by atoms with E-state index in [9.17, 15) is 34.4 Å². The Labute approximate surface area is 244 Å². The summed E-state index contributed by atoms with van der Waals surface area (Å²) in [5.74, 6) is -2.12. The Morgan fingerprint density at radius 3 is 2.33 bits per heavy atom. The van der Waals surface area contributed by atoms with E-state index in [1.807, 2.05) is 0 Å². The zero-order valence-corrected chi connectivity index (χ0v) is 23.0. The fourth-order valence-electron chi connectivity index (χ4n) is 4.49. The van der Waals surface area contributed by atoms with Gasteiger partial charge in [-0.1, -0.05) is 23.7 Å². The van der Waals surface area contributed by atoms with Gasteiger partial charge in [-0.05, 0) is 54.1 Å². The third kappa shape index (κ3) is 6.93. The van der Waals surface area contributed by atoms with Gasteiger partial charge in [0, 0.05) is 41.5 Å². The van der Waals surface area contributed by atoms with Crippen molar-refractivity contribution in [2.24, 2.45) is 0 Å². The molecule has 0 bridgehead atoms. The van der Waals surface area contributed by atoms with E-state index in [0.29, 0.717) is 16.5 Å². The third-order valence-corrected chi connectivity index (χ3v) is 6.79. The molecular formula is C28H26ClN5O8. The Morgan fingerprint density at radius 1 is 1.05 bits per heavy atom. The highest BCUT2D eigenvalue weighted by molar-refractivity contribution is 6.30. The van der Waals surface area contributed by atoms with Crippen molar-refractivity contribution in [3.05, 3.63) is 99.1 Å². The van der Waals surface area contributed by atoms with E-state index in [4.69, 9.17) is 16.3 Å². The maximum atomic E-state index is 13.8. The lowest BCUT2D eigenvalue weighted by Crippen LogP contribution is -2.55. The minimum atomic E-state index is -1.47. The van der Waals surface area contributed by atoms with Crippen LogP contribution >= 0.6 is 11.6 Å². The smallest absolute Gasteiger partial charge is 0.323 e. The number of nitrogens with one attached hydrogen (secondary N) is 2. The number of hydrogen-bond acceptors (Lipinski definition) is 7. The van der Waals surface area contributed by atoms with Crippen LogP contribution in [0.15, 0.2) is 72.8 Å². The number of carbonyl (C=O) groups is 4. The number of benzene rings is 3. The standard InChI is InChI=1S/C28H26ClN5O8/c1-42-22-11-9-20(10-12-22)30-28(39)33-14-13-32(27(38)17-5-7-19(29)8-6-17)26(33)25(37)31-23(16-24(35)36)18-3-2-4-21(15-18)34(40)41/h2-12,15,23,26H,13-14,16H2,1H3,(H,30,39)(H,31,37)(H,35,36). The molecule has 42 heavy (non-hydrogen) atoms. The molecule has 0 spiro atoms. The van der Waals surface area contributed by atoms with Crippen LogP contribution in [-0.2, 0) is 9.59 Å². The fraction of sp³-hybridized carbons (Fsp3) is 0.214. The van der Waals surface area contributed by atoms with Crippen molar-refractivity contribution < 1.29 is 33.9 Å². The second-order valence-corrected chi connectivity index (χ2v) is 9.68. The molecule has 1 aliphatic rings. The SMILES string of the molecule is COc1ccc(NC(=O)N2CCN(C(=O)c3ccc(Cl)cc3)C2C(=O)NC(CC(=O)O)c2cccc([N+](=O)[O-])c2)cc1. The second kappa shape index (κ2) is 13.0. The van der Waals surface area contributed by atoms with Crippen molar-refractivity contribution in [1.82, 2.24) is 15.1 Å². The molecule has 3 aromatic carbocycles. The molecular weight excluding hydrogens is 570 g/mol. The number of ether oxygens (including phenoxy) is 1. The molecule has 3 N–H and O–H groups in total. The Morgan fingerprint density at radius 2 is 1.71 bits per heavy atom. The molecule has 1 heterocycles. The van der Waals surface area contributed by atoms with Crippen LogP contribution in [0.25, 0.3) is 0 Å². The van der Waals surface area contributed by atoms with E-state index in [2.05, 4.69) is 10.6 Å². The van der Waals surface area contributed by atoms with E-state index >= 15 is 0 Å². The number of halogens is 1. The number of carboxylic acids is 1. The highest BCUT2D eigenvalue weighted by atomic mass is 35.5. The number of rotatable bonds is 9. The molecule has 2 atom stereocenters. The molecule has 0 saturated carbocycles. The number of anilines is 1. The Bertz CT molecular complexity index is 1500. The Kier molecular flexibility index (Phi) is 9.22. The van der Waals surface area contributed by atoms with Crippen LogP contribution in [-0.4, -0.2) is 70.0 Å².